The normalized spacial score (nSPS) is 17.2. The number of amides is 1. The van der Waals surface area contributed by atoms with E-state index in [4.69, 9.17) is 5.10 Å². The van der Waals surface area contributed by atoms with Gasteiger partial charge in [0, 0.05) is 17.0 Å². The van der Waals surface area contributed by atoms with Crippen LogP contribution in [0.15, 0.2) is 72.8 Å². The number of aryl methyl sites for hydroxylation is 2. The number of nitrogens with one attached hydrogen (secondary N) is 1. The first-order valence-corrected chi connectivity index (χ1v) is 11.3. The maximum Gasteiger partial charge on any atom is 0.252 e. The minimum atomic E-state index is -0.920. The van der Waals surface area contributed by atoms with Crippen molar-refractivity contribution in [2.75, 3.05) is 0 Å². The van der Waals surface area contributed by atoms with Gasteiger partial charge < -0.3 is 5.32 Å². The molecule has 7 heteroatoms. The quantitative estimate of drug-likeness (QED) is 0.464. The number of ketones is 1. The number of nitrogens with zero attached hydrogens (tertiary/aromatic N) is 2. The molecule has 0 saturated heterocycles. The highest BCUT2D eigenvalue weighted by Gasteiger charge is 2.41. The van der Waals surface area contributed by atoms with Gasteiger partial charge in [0.15, 0.2) is 5.78 Å². The van der Waals surface area contributed by atoms with Gasteiger partial charge >= 0.3 is 0 Å². The van der Waals surface area contributed by atoms with Crippen molar-refractivity contribution in [3.8, 4) is 5.69 Å². The molecule has 0 bridgehead atoms. The minimum Gasteiger partial charge on any atom is -0.341 e. The first kappa shape index (κ1) is 22.7. The molecule has 0 radical (unpaired) electrons. The number of benzene rings is 3. The van der Waals surface area contributed by atoms with Crippen molar-refractivity contribution in [2.24, 2.45) is 0 Å². The van der Waals surface area contributed by atoms with Crippen LogP contribution in [0.2, 0.25) is 0 Å². The van der Waals surface area contributed by atoms with Gasteiger partial charge in [-0.2, -0.15) is 5.10 Å². The Morgan fingerprint density at radius 2 is 1.69 bits per heavy atom. The highest BCUT2D eigenvalue weighted by atomic mass is 19.1. The summed E-state index contributed by atoms with van der Waals surface area (Å²) in [4.78, 5) is 26.6. The van der Waals surface area contributed by atoms with Gasteiger partial charge in [-0.15, -0.1) is 0 Å². The fraction of sp³-hybridized carbons (Fsp3) is 0.179. The van der Waals surface area contributed by atoms with E-state index in [1.54, 1.807) is 29.8 Å². The molecule has 0 spiro atoms. The molecule has 1 aliphatic carbocycles. The summed E-state index contributed by atoms with van der Waals surface area (Å²) < 4.78 is 29.4. The number of aromatic nitrogens is 2. The molecular formula is C28H23F2N3O2. The van der Waals surface area contributed by atoms with Crippen LogP contribution >= 0.6 is 0 Å². The summed E-state index contributed by atoms with van der Waals surface area (Å²) in [5.74, 6) is -2.26. The van der Waals surface area contributed by atoms with E-state index in [1.165, 1.54) is 18.2 Å². The zero-order valence-corrected chi connectivity index (χ0v) is 19.3. The Balaban J connectivity index is 1.62. The molecule has 0 aliphatic heterocycles. The van der Waals surface area contributed by atoms with E-state index >= 15 is 0 Å². The molecular weight excluding hydrogens is 448 g/mol. The molecule has 1 amide bonds. The van der Waals surface area contributed by atoms with Crippen LogP contribution in [0.4, 0.5) is 8.78 Å². The number of fused-ring (bicyclic) bond motifs is 1. The van der Waals surface area contributed by atoms with Crippen LogP contribution in [0.1, 0.15) is 44.4 Å². The summed E-state index contributed by atoms with van der Waals surface area (Å²) >= 11 is 0. The lowest BCUT2D eigenvalue weighted by Gasteiger charge is -2.32. The minimum absolute atomic E-state index is 0.0654. The average molecular weight is 472 g/mol. The third kappa shape index (κ3) is 4.25. The van der Waals surface area contributed by atoms with Gasteiger partial charge in [0.1, 0.15) is 11.6 Å². The molecule has 3 aromatic carbocycles. The van der Waals surface area contributed by atoms with Gasteiger partial charge in [0.2, 0.25) is 0 Å². The average Bonchev–Trinajstić information content (AvgIpc) is 3.16. The molecule has 1 N–H and O–H groups in total. The van der Waals surface area contributed by atoms with Crippen molar-refractivity contribution in [2.45, 2.75) is 32.2 Å². The number of carbonyl (C=O) groups is 2. The fourth-order valence-electron chi connectivity index (χ4n) is 4.86. The van der Waals surface area contributed by atoms with Gasteiger partial charge in [-0.1, -0.05) is 30.3 Å². The summed E-state index contributed by atoms with van der Waals surface area (Å²) in [5, 5.41) is 7.55. The van der Waals surface area contributed by atoms with Gasteiger partial charge in [-0.3, -0.25) is 9.59 Å². The molecule has 35 heavy (non-hydrogen) atoms. The zero-order chi connectivity index (χ0) is 24.7. The van der Waals surface area contributed by atoms with Crippen molar-refractivity contribution in [3.05, 3.63) is 118 Å². The van der Waals surface area contributed by atoms with E-state index in [9.17, 15) is 18.4 Å². The molecule has 0 fully saturated rings. The Hall–Kier alpha value is -4.13. The highest BCUT2D eigenvalue weighted by Crippen LogP contribution is 2.39. The topological polar surface area (TPSA) is 64.0 Å². The summed E-state index contributed by atoms with van der Waals surface area (Å²) in [7, 11) is 0. The second-order valence-electron chi connectivity index (χ2n) is 8.83. The van der Waals surface area contributed by atoms with Crippen LogP contribution in [0, 0.1) is 25.5 Å². The van der Waals surface area contributed by atoms with Crippen molar-refractivity contribution < 1.29 is 18.4 Å². The second-order valence-corrected chi connectivity index (χ2v) is 8.83. The molecule has 4 aromatic rings. The predicted molar refractivity (Wildman–Crippen MR) is 128 cm³/mol. The first-order valence-electron chi connectivity index (χ1n) is 11.3. The van der Waals surface area contributed by atoms with E-state index in [-0.39, 0.29) is 17.8 Å². The van der Waals surface area contributed by atoms with Crippen LogP contribution in [0.3, 0.4) is 0 Å². The molecule has 0 unspecified atom stereocenters. The van der Waals surface area contributed by atoms with E-state index in [0.29, 0.717) is 16.8 Å². The Labute approximate surface area is 201 Å². The van der Waals surface area contributed by atoms with Crippen molar-refractivity contribution in [1.29, 1.82) is 0 Å². The van der Waals surface area contributed by atoms with Gasteiger partial charge in [-0.05, 0) is 67.4 Å². The second kappa shape index (κ2) is 8.91. The largest absolute Gasteiger partial charge is 0.341 e. The van der Waals surface area contributed by atoms with Crippen molar-refractivity contribution in [1.82, 2.24) is 15.1 Å². The SMILES string of the molecule is Cc1cc(F)cc(C(=O)N[C@@H]2C(=O)Cc3c(c(C)nn3-c3ccccc3)[C@@H]2c2ccc(F)cc2)c1. The third-order valence-corrected chi connectivity index (χ3v) is 6.36. The van der Waals surface area contributed by atoms with Crippen LogP contribution in [-0.4, -0.2) is 27.5 Å². The highest BCUT2D eigenvalue weighted by molar-refractivity contribution is 6.00. The molecule has 176 valence electrons. The molecule has 0 saturated carbocycles. The van der Waals surface area contributed by atoms with Gasteiger partial charge in [0.25, 0.3) is 5.91 Å². The number of rotatable bonds is 4. The summed E-state index contributed by atoms with van der Waals surface area (Å²) in [6.45, 7) is 3.56. The molecule has 1 aliphatic rings. The molecule has 5 rings (SSSR count). The summed E-state index contributed by atoms with van der Waals surface area (Å²) in [6.07, 6.45) is 0.0654. The third-order valence-electron chi connectivity index (χ3n) is 6.36. The first-order chi connectivity index (χ1) is 16.8. The molecule has 5 nitrogen and oxygen atoms in total. The van der Waals surface area contributed by atoms with Gasteiger partial charge in [-0.25, -0.2) is 13.5 Å². The number of Topliss-reactive ketones (excluding diaryl/α,β-unsaturated/α-hetero) is 1. The van der Waals surface area contributed by atoms with Gasteiger partial charge in [0.05, 0.1) is 29.5 Å². The predicted octanol–water partition coefficient (Wildman–Crippen LogP) is 4.82. The fourth-order valence-corrected chi connectivity index (χ4v) is 4.86. The van der Waals surface area contributed by atoms with Crippen LogP contribution in [-0.2, 0) is 11.2 Å². The maximum atomic E-state index is 13.9. The molecule has 1 aromatic heterocycles. The van der Waals surface area contributed by atoms with Crippen LogP contribution in [0.25, 0.3) is 5.69 Å². The molecule has 1 heterocycles. The smallest absolute Gasteiger partial charge is 0.252 e. The Morgan fingerprint density at radius 3 is 2.37 bits per heavy atom. The Morgan fingerprint density at radius 1 is 0.971 bits per heavy atom. The van der Waals surface area contributed by atoms with E-state index < -0.39 is 29.5 Å². The molecule has 2 atom stereocenters. The zero-order valence-electron chi connectivity index (χ0n) is 19.3. The van der Waals surface area contributed by atoms with E-state index in [0.717, 1.165) is 23.0 Å². The lowest BCUT2D eigenvalue weighted by atomic mass is 9.76. The standard InChI is InChI=1S/C28H23F2N3O2/c1-16-12-19(14-21(30)13-16)28(35)31-27-24(34)15-23-25(26(27)18-8-10-20(29)11-9-18)17(2)32-33(23)22-6-4-3-5-7-22/h3-14,26-27H,15H2,1-2H3,(H,31,35)/t26-,27+/m0/s1. The van der Waals surface area contributed by atoms with Crippen molar-refractivity contribution >= 4 is 11.7 Å². The Kier molecular flexibility index (Phi) is 5.76. The number of para-hydroxylation sites is 1. The van der Waals surface area contributed by atoms with E-state index in [2.05, 4.69) is 5.32 Å². The summed E-state index contributed by atoms with van der Waals surface area (Å²) in [5.41, 5.74) is 4.50. The Bertz CT molecular complexity index is 1410. The number of hydrogen-bond acceptors (Lipinski definition) is 3. The van der Waals surface area contributed by atoms with Crippen LogP contribution < -0.4 is 5.32 Å². The summed E-state index contributed by atoms with van der Waals surface area (Å²) in [6, 6.07) is 18.5. The number of carbonyl (C=O) groups excluding carboxylic acids is 2. The lowest BCUT2D eigenvalue weighted by Crippen LogP contribution is -2.48. The van der Waals surface area contributed by atoms with Crippen molar-refractivity contribution in [3.63, 3.8) is 0 Å². The maximum absolute atomic E-state index is 13.9. The number of halogens is 2. The van der Waals surface area contributed by atoms with Crippen LogP contribution in [0.5, 0.6) is 0 Å². The monoisotopic (exact) mass is 471 g/mol. The van der Waals surface area contributed by atoms with E-state index in [1.807, 2.05) is 37.3 Å². The number of hydrogen-bond donors (Lipinski definition) is 1. The lowest BCUT2D eigenvalue weighted by molar-refractivity contribution is -0.121.